The van der Waals surface area contributed by atoms with Crippen LogP contribution in [0.3, 0.4) is 0 Å². The van der Waals surface area contributed by atoms with E-state index in [-0.39, 0.29) is 5.91 Å². The minimum absolute atomic E-state index is 0.00657. The molecule has 2 rings (SSSR count). The molecule has 0 bridgehead atoms. The van der Waals surface area contributed by atoms with E-state index in [0.29, 0.717) is 17.7 Å². The second kappa shape index (κ2) is 2.60. The van der Waals surface area contributed by atoms with Crippen LogP contribution in [0.2, 0.25) is 0 Å². The van der Waals surface area contributed by atoms with E-state index in [2.05, 4.69) is 0 Å². The van der Waals surface area contributed by atoms with Crippen LogP contribution in [0.4, 0.5) is 0 Å². The number of hydrogen-bond donors (Lipinski definition) is 0. The van der Waals surface area contributed by atoms with Crippen molar-refractivity contribution in [2.45, 2.75) is 6.54 Å². The number of carbonyl (C=O) groups is 1. The van der Waals surface area contributed by atoms with Gasteiger partial charge < -0.3 is 4.90 Å². The van der Waals surface area contributed by atoms with Crippen LogP contribution in [-0.4, -0.2) is 17.9 Å². The molecule has 0 aliphatic carbocycles. The highest BCUT2D eigenvalue weighted by Crippen LogP contribution is 2.21. The summed E-state index contributed by atoms with van der Waals surface area (Å²) in [5, 5.41) is 8.65. The van der Waals surface area contributed by atoms with Crippen molar-refractivity contribution in [1.82, 2.24) is 4.90 Å². The summed E-state index contributed by atoms with van der Waals surface area (Å²) >= 11 is 0. The molecule has 0 fully saturated rings. The molecule has 0 aromatic heterocycles. The summed E-state index contributed by atoms with van der Waals surface area (Å²) in [4.78, 5) is 13.1. The molecule has 1 amide bonds. The van der Waals surface area contributed by atoms with Gasteiger partial charge in [-0.15, -0.1) is 0 Å². The van der Waals surface area contributed by atoms with Crippen LogP contribution in [0.1, 0.15) is 21.5 Å². The molecule has 0 radical (unpaired) electrons. The number of fused-ring (bicyclic) bond motifs is 1. The Kier molecular flexibility index (Phi) is 1.56. The van der Waals surface area contributed by atoms with E-state index in [4.69, 9.17) is 5.26 Å². The van der Waals surface area contributed by atoms with Crippen LogP contribution in [0.15, 0.2) is 18.2 Å². The van der Waals surface area contributed by atoms with E-state index in [0.717, 1.165) is 5.56 Å². The number of amides is 1. The van der Waals surface area contributed by atoms with E-state index in [1.165, 1.54) is 0 Å². The van der Waals surface area contributed by atoms with Gasteiger partial charge in [-0.1, -0.05) is 6.07 Å². The van der Waals surface area contributed by atoms with E-state index in [1.807, 2.05) is 12.1 Å². The fraction of sp³-hybridized carbons (Fsp3) is 0.200. The Bertz CT molecular complexity index is 417. The Morgan fingerprint density at radius 2 is 2.31 bits per heavy atom. The lowest BCUT2D eigenvalue weighted by molar-refractivity contribution is 0.0816. The zero-order valence-corrected chi connectivity index (χ0v) is 7.24. The van der Waals surface area contributed by atoms with Gasteiger partial charge in [0.25, 0.3) is 5.91 Å². The normalized spacial score (nSPS) is 14.2. The minimum atomic E-state index is 0.00657. The van der Waals surface area contributed by atoms with Crippen molar-refractivity contribution in [2.75, 3.05) is 7.05 Å². The molecule has 1 aliphatic heterocycles. The SMILES string of the molecule is CN1Cc2ccc(C#N)cc2C1=O. The highest BCUT2D eigenvalue weighted by atomic mass is 16.2. The smallest absolute Gasteiger partial charge is 0.254 e. The summed E-state index contributed by atoms with van der Waals surface area (Å²) in [5.74, 6) is 0.00657. The molecule has 0 saturated heterocycles. The Morgan fingerprint density at radius 3 is 3.00 bits per heavy atom. The average Bonchev–Trinajstić information content (AvgIpc) is 2.43. The topological polar surface area (TPSA) is 44.1 Å². The van der Waals surface area contributed by atoms with Gasteiger partial charge >= 0.3 is 0 Å². The summed E-state index contributed by atoms with van der Waals surface area (Å²) in [6.45, 7) is 0.653. The second-order valence-corrected chi connectivity index (χ2v) is 3.14. The maximum Gasteiger partial charge on any atom is 0.254 e. The van der Waals surface area contributed by atoms with Gasteiger partial charge in [0.05, 0.1) is 11.6 Å². The van der Waals surface area contributed by atoms with Crippen molar-refractivity contribution in [3.8, 4) is 6.07 Å². The van der Waals surface area contributed by atoms with Crippen molar-refractivity contribution in [1.29, 1.82) is 5.26 Å². The molecule has 13 heavy (non-hydrogen) atoms. The molecule has 3 heteroatoms. The van der Waals surface area contributed by atoms with Gasteiger partial charge in [0.2, 0.25) is 0 Å². The summed E-state index contributed by atoms with van der Waals surface area (Å²) in [5.41, 5.74) is 2.22. The molecule has 1 aliphatic rings. The van der Waals surface area contributed by atoms with Crippen molar-refractivity contribution < 1.29 is 4.79 Å². The first-order valence-corrected chi connectivity index (χ1v) is 4.01. The van der Waals surface area contributed by atoms with Crippen LogP contribution < -0.4 is 0 Å². The molecular formula is C10H8N2O. The van der Waals surface area contributed by atoms with Gasteiger partial charge in [-0.05, 0) is 17.7 Å². The predicted octanol–water partition coefficient (Wildman–Crippen LogP) is 1.14. The molecule has 0 spiro atoms. The maximum absolute atomic E-state index is 11.5. The lowest BCUT2D eigenvalue weighted by atomic mass is 10.1. The maximum atomic E-state index is 11.5. The Balaban J connectivity index is 2.56. The third-order valence-corrected chi connectivity index (χ3v) is 2.22. The number of rotatable bonds is 0. The highest BCUT2D eigenvalue weighted by Gasteiger charge is 2.23. The molecule has 1 heterocycles. The zero-order chi connectivity index (χ0) is 9.42. The molecule has 0 atom stereocenters. The van der Waals surface area contributed by atoms with Crippen molar-refractivity contribution in [3.05, 3.63) is 34.9 Å². The van der Waals surface area contributed by atoms with Crippen LogP contribution in [-0.2, 0) is 6.54 Å². The zero-order valence-electron chi connectivity index (χ0n) is 7.24. The van der Waals surface area contributed by atoms with E-state index >= 15 is 0 Å². The molecular weight excluding hydrogens is 164 g/mol. The largest absolute Gasteiger partial charge is 0.337 e. The van der Waals surface area contributed by atoms with Gasteiger partial charge in [0.15, 0.2) is 0 Å². The highest BCUT2D eigenvalue weighted by molar-refractivity contribution is 5.98. The minimum Gasteiger partial charge on any atom is -0.337 e. The number of nitrogens with zero attached hydrogens (tertiary/aromatic N) is 2. The average molecular weight is 172 g/mol. The Labute approximate surface area is 76.2 Å². The molecule has 0 saturated carbocycles. The van der Waals surface area contributed by atoms with Gasteiger partial charge in [-0.25, -0.2) is 0 Å². The van der Waals surface area contributed by atoms with E-state index < -0.39 is 0 Å². The summed E-state index contributed by atoms with van der Waals surface area (Å²) in [7, 11) is 1.76. The summed E-state index contributed by atoms with van der Waals surface area (Å²) in [6, 6.07) is 7.26. The fourth-order valence-electron chi connectivity index (χ4n) is 1.52. The molecule has 1 aromatic rings. The Morgan fingerprint density at radius 1 is 1.54 bits per heavy atom. The van der Waals surface area contributed by atoms with Crippen molar-refractivity contribution in [2.24, 2.45) is 0 Å². The summed E-state index contributed by atoms with van der Waals surface area (Å²) in [6.07, 6.45) is 0. The molecule has 3 nitrogen and oxygen atoms in total. The summed E-state index contributed by atoms with van der Waals surface area (Å²) < 4.78 is 0. The molecule has 0 unspecified atom stereocenters. The fourth-order valence-corrected chi connectivity index (χ4v) is 1.52. The van der Waals surface area contributed by atoms with Crippen LogP contribution in [0.25, 0.3) is 0 Å². The van der Waals surface area contributed by atoms with Crippen LogP contribution in [0.5, 0.6) is 0 Å². The van der Waals surface area contributed by atoms with Gasteiger partial charge in [0.1, 0.15) is 0 Å². The monoisotopic (exact) mass is 172 g/mol. The molecule has 64 valence electrons. The van der Waals surface area contributed by atoms with Crippen LogP contribution in [0, 0.1) is 11.3 Å². The number of nitriles is 1. The number of hydrogen-bond acceptors (Lipinski definition) is 2. The first kappa shape index (κ1) is 7.81. The Hall–Kier alpha value is -1.82. The van der Waals surface area contributed by atoms with Crippen LogP contribution >= 0.6 is 0 Å². The third-order valence-electron chi connectivity index (χ3n) is 2.22. The third kappa shape index (κ3) is 1.07. The second-order valence-electron chi connectivity index (χ2n) is 3.14. The van der Waals surface area contributed by atoms with Crippen molar-refractivity contribution in [3.63, 3.8) is 0 Å². The van der Waals surface area contributed by atoms with Gasteiger partial charge in [0, 0.05) is 19.2 Å². The molecule has 1 aromatic carbocycles. The molecule has 0 N–H and O–H groups in total. The number of benzene rings is 1. The predicted molar refractivity (Wildman–Crippen MR) is 47.0 cm³/mol. The lowest BCUT2D eigenvalue weighted by Crippen LogP contribution is -2.17. The first-order chi connectivity index (χ1) is 6.22. The standard InChI is InChI=1S/C10H8N2O/c1-12-6-8-3-2-7(5-11)4-9(8)10(12)13/h2-4H,6H2,1H3. The quantitative estimate of drug-likeness (QED) is 0.589. The van der Waals surface area contributed by atoms with Gasteiger partial charge in [-0.2, -0.15) is 5.26 Å². The first-order valence-electron chi connectivity index (χ1n) is 4.01. The number of carbonyl (C=O) groups excluding carboxylic acids is 1. The van der Waals surface area contributed by atoms with E-state index in [9.17, 15) is 4.79 Å². The van der Waals surface area contributed by atoms with Crippen molar-refractivity contribution >= 4 is 5.91 Å². The van der Waals surface area contributed by atoms with Gasteiger partial charge in [-0.3, -0.25) is 4.79 Å². The lowest BCUT2D eigenvalue weighted by Gasteiger charge is -2.04. The van der Waals surface area contributed by atoms with E-state index in [1.54, 1.807) is 24.1 Å².